The molecule has 1 amide bonds. The predicted octanol–water partition coefficient (Wildman–Crippen LogP) is 0.521. The number of amides is 1. The predicted molar refractivity (Wildman–Crippen MR) is 87.0 cm³/mol. The zero-order valence-corrected chi connectivity index (χ0v) is 12.9. The Labute approximate surface area is 136 Å². The third kappa shape index (κ3) is 3.32. The van der Waals surface area contributed by atoms with Crippen LogP contribution in [0.2, 0.25) is 0 Å². The average Bonchev–Trinajstić information content (AvgIpc) is 3.08. The lowest BCUT2D eigenvalue weighted by molar-refractivity contribution is 0.0778. The molecule has 0 spiro atoms. The number of hydrogen-bond donors (Lipinski definition) is 2. The summed E-state index contributed by atoms with van der Waals surface area (Å²) < 4.78 is 1.74. The van der Waals surface area contributed by atoms with E-state index in [9.17, 15) is 14.4 Å². The van der Waals surface area contributed by atoms with E-state index in [0.717, 1.165) is 17.3 Å². The first-order valence-corrected chi connectivity index (χ1v) is 7.21. The van der Waals surface area contributed by atoms with Crippen molar-refractivity contribution in [1.82, 2.24) is 24.6 Å². The Morgan fingerprint density at radius 3 is 2.58 bits per heavy atom. The number of hydrogen-bond acceptors (Lipinski definition) is 4. The van der Waals surface area contributed by atoms with Crippen LogP contribution >= 0.6 is 0 Å². The molecule has 24 heavy (non-hydrogen) atoms. The molecule has 0 aliphatic carbocycles. The van der Waals surface area contributed by atoms with Gasteiger partial charge in [0.1, 0.15) is 5.69 Å². The van der Waals surface area contributed by atoms with Gasteiger partial charge in [-0.1, -0.05) is 12.1 Å². The van der Waals surface area contributed by atoms with Gasteiger partial charge in [0.25, 0.3) is 11.5 Å². The highest BCUT2D eigenvalue weighted by atomic mass is 16.2. The Morgan fingerprint density at radius 1 is 1.21 bits per heavy atom. The van der Waals surface area contributed by atoms with Crippen LogP contribution in [0.4, 0.5) is 0 Å². The van der Waals surface area contributed by atoms with E-state index < -0.39 is 17.2 Å². The molecule has 1 aromatic carbocycles. The maximum atomic E-state index is 12.3. The van der Waals surface area contributed by atoms with E-state index in [0.29, 0.717) is 6.54 Å². The number of carbonyl (C=O) groups is 1. The Morgan fingerprint density at radius 2 is 1.96 bits per heavy atom. The molecule has 3 rings (SSSR count). The van der Waals surface area contributed by atoms with Crippen LogP contribution in [0.25, 0.3) is 5.69 Å². The molecular formula is C16H15N5O3. The molecule has 2 aromatic heterocycles. The molecule has 0 radical (unpaired) electrons. The fourth-order valence-corrected chi connectivity index (χ4v) is 2.31. The largest absolute Gasteiger partial charge is 0.336 e. The zero-order chi connectivity index (χ0) is 17.1. The summed E-state index contributed by atoms with van der Waals surface area (Å²) in [5, 5.41) is 4.15. The minimum atomic E-state index is -0.706. The Bertz CT molecular complexity index is 926. The van der Waals surface area contributed by atoms with Crippen LogP contribution in [-0.2, 0) is 6.54 Å². The van der Waals surface area contributed by atoms with Crippen LogP contribution in [0.15, 0.2) is 58.4 Å². The highest BCUT2D eigenvalue weighted by Gasteiger charge is 2.14. The fourth-order valence-electron chi connectivity index (χ4n) is 2.31. The summed E-state index contributed by atoms with van der Waals surface area (Å²) in [5.41, 5.74) is 0.465. The van der Waals surface area contributed by atoms with Gasteiger partial charge in [0.05, 0.1) is 5.69 Å². The fraction of sp³-hybridized carbons (Fsp3) is 0.125. The lowest BCUT2D eigenvalue weighted by Crippen LogP contribution is -2.32. The number of H-pyrrole nitrogens is 2. The molecular weight excluding hydrogens is 310 g/mol. The van der Waals surface area contributed by atoms with Gasteiger partial charge in [-0.15, -0.1) is 0 Å². The van der Waals surface area contributed by atoms with Crippen molar-refractivity contribution in [3.05, 3.63) is 80.9 Å². The van der Waals surface area contributed by atoms with Gasteiger partial charge in [-0.25, -0.2) is 9.48 Å². The van der Waals surface area contributed by atoms with Crippen LogP contribution < -0.4 is 11.2 Å². The van der Waals surface area contributed by atoms with Crippen LogP contribution in [0.3, 0.4) is 0 Å². The molecule has 0 aliphatic heterocycles. The first-order chi connectivity index (χ1) is 11.5. The number of nitrogens with one attached hydrogen (secondary N) is 2. The number of rotatable bonds is 4. The van der Waals surface area contributed by atoms with Crippen molar-refractivity contribution in [3.8, 4) is 5.69 Å². The molecule has 0 aliphatic rings. The monoisotopic (exact) mass is 325 g/mol. The number of aromatic amines is 2. The third-order valence-electron chi connectivity index (χ3n) is 3.46. The van der Waals surface area contributed by atoms with Gasteiger partial charge in [-0.05, 0) is 23.8 Å². The first-order valence-electron chi connectivity index (χ1n) is 7.21. The summed E-state index contributed by atoms with van der Waals surface area (Å²) in [7, 11) is 1.60. The second kappa shape index (κ2) is 6.37. The van der Waals surface area contributed by atoms with Crippen LogP contribution in [0.5, 0.6) is 0 Å². The van der Waals surface area contributed by atoms with Crippen LogP contribution in [0, 0.1) is 0 Å². The molecule has 122 valence electrons. The summed E-state index contributed by atoms with van der Waals surface area (Å²) in [6, 6.07) is 10.5. The molecule has 0 unspecified atom stereocenters. The van der Waals surface area contributed by atoms with Gasteiger partial charge in [0.15, 0.2) is 0 Å². The van der Waals surface area contributed by atoms with Crippen LogP contribution in [-0.4, -0.2) is 37.6 Å². The smallest absolute Gasteiger partial charge is 0.326 e. The number of aromatic nitrogens is 4. The normalized spacial score (nSPS) is 10.5. The lowest BCUT2D eigenvalue weighted by atomic mass is 10.2. The van der Waals surface area contributed by atoms with E-state index in [2.05, 4.69) is 10.1 Å². The maximum absolute atomic E-state index is 12.3. The van der Waals surface area contributed by atoms with Gasteiger partial charge in [0, 0.05) is 32.1 Å². The number of benzene rings is 1. The quantitative estimate of drug-likeness (QED) is 0.730. The summed E-state index contributed by atoms with van der Waals surface area (Å²) in [6.07, 6.45) is 3.54. The van der Waals surface area contributed by atoms with Crippen molar-refractivity contribution >= 4 is 5.91 Å². The van der Waals surface area contributed by atoms with E-state index in [1.54, 1.807) is 17.9 Å². The van der Waals surface area contributed by atoms with E-state index in [1.807, 2.05) is 41.5 Å². The number of nitrogens with zero attached hydrogens (tertiary/aromatic N) is 3. The molecule has 0 saturated heterocycles. The third-order valence-corrected chi connectivity index (χ3v) is 3.46. The van der Waals surface area contributed by atoms with Crippen molar-refractivity contribution in [2.24, 2.45) is 0 Å². The van der Waals surface area contributed by atoms with E-state index in [1.165, 1.54) is 4.90 Å². The zero-order valence-electron chi connectivity index (χ0n) is 12.9. The average molecular weight is 325 g/mol. The molecule has 2 N–H and O–H groups in total. The van der Waals surface area contributed by atoms with Gasteiger partial charge in [-0.3, -0.25) is 14.6 Å². The first kappa shape index (κ1) is 15.5. The summed E-state index contributed by atoms with van der Waals surface area (Å²) >= 11 is 0. The molecule has 3 aromatic rings. The SMILES string of the molecule is CN(Cc1ccc(-n2cccn2)cc1)C(=O)c1cc(=O)[nH]c(=O)[nH]1. The standard InChI is InChI=1S/C16H15N5O3/c1-20(15(23)13-9-14(22)19-16(24)18-13)10-11-3-5-12(6-4-11)21-8-2-7-17-21/h2-9H,10H2,1H3,(H2,18,19,22,24). The van der Waals surface area contributed by atoms with E-state index in [-0.39, 0.29) is 5.69 Å². The molecule has 0 fully saturated rings. The second-order valence-electron chi connectivity index (χ2n) is 5.28. The molecule has 2 heterocycles. The molecule has 8 heteroatoms. The highest BCUT2D eigenvalue weighted by molar-refractivity contribution is 5.91. The van der Waals surface area contributed by atoms with Crippen molar-refractivity contribution in [2.45, 2.75) is 6.54 Å². The minimum absolute atomic E-state index is 0.0422. The molecule has 0 bridgehead atoms. The van der Waals surface area contributed by atoms with Crippen molar-refractivity contribution in [1.29, 1.82) is 0 Å². The molecule has 8 nitrogen and oxygen atoms in total. The van der Waals surface area contributed by atoms with Gasteiger partial charge in [-0.2, -0.15) is 5.10 Å². The van der Waals surface area contributed by atoms with Gasteiger partial charge >= 0.3 is 5.69 Å². The van der Waals surface area contributed by atoms with Crippen molar-refractivity contribution in [3.63, 3.8) is 0 Å². The summed E-state index contributed by atoms with van der Waals surface area (Å²) in [6.45, 7) is 0.340. The number of carbonyl (C=O) groups excluding carboxylic acids is 1. The Kier molecular flexibility index (Phi) is 4.11. The lowest BCUT2D eigenvalue weighted by Gasteiger charge is -2.17. The second-order valence-corrected chi connectivity index (χ2v) is 5.28. The summed E-state index contributed by atoms with van der Waals surface area (Å²) in [4.78, 5) is 40.6. The Balaban J connectivity index is 1.74. The van der Waals surface area contributed by atoms with Crippen LogP contribution in [0.1, 0.15) is 16.1 Å². The highest BCUT2D eigenvalue weighted by Crippen LogP contribution is 2.11. The van der Waals surface area contributed by atoms with Crippen molar-refractivity contribution in [2.75, 3.05) is 7.05 Å². The maximum Gasteiger partial charge on any atom is 0.326 e. The minimum Gasteiger partial charge on any atom is -0.336 e. The topological polar surface area (TPSA) is 104 Å². The summed E-state index contributed by atoms with van der Waals surface area (Å²) in [5.74, 6) is -0.436. The molecule has 0 saturated carbocycles. The van der Waals surface area contributed by atoms with E-state index >= 15 is 0 Å². The Hall–Kier alpha value is -3.42. The van der Waals surface area contributed by atoms with E-state index in [4.69, 9.17) is 0 Å². The van der Waals surface area contributed by atoms with Gasteiger partial charge < -0.3 is 9.88 Å². The van der Waals surface area contributed by atoms with Crippen molar-refractivity contribution < 1.29 is 4.79 Å². The molecule has 0 atom stereocenters. The van der Waals surface area contributed by atoms with Gasteiger partial charge in [0.2, 0.25) is 0 Å².